The van der Waals surface area contributed by atoms with Crippen molar-refractivity contribution in [2.24, 2.45) is 0 Å². The molecule has 144 valence electrons. The SMILES string of the molecule is O=C(CCC(=O)Oc1c(F)cccc1Cl)Oc1cccc(C(F)(F)F)c1F. The summed E-state index contributed by atoms with van der Waals surface area (Å²) < 4.78 is 74.3. The quantitative estimate of drug-likeness (QED) is 0.400. The van der Waals surface area contributed by atoms with E-state index in [2.05, 4.69) is 9.47 Å². The van der Waals surface area contributed by atoms with Gasteiger partial charge >= 0.3 is 18.1 Å². The minimum absolute atomic E-state index is 0.169. The molecule has 0 aromatic heterocycles. The van der Waals surface area contributed by atoms with Crippen molar-refractivity contribution in [3.8, 4) is 11.5 Å². The third-order valence-corrected chi connectivity index (χ3v) is 3.46. The van der Waals surface area contributed by atoms with Gasteiger partial charge in [0, 0.05) is 0 Å². The summed E-state index contributed by atoms with van der Waals surface area (Å²) in [6.07, 6.45) is -6.19. The Morgan fingerprint density at radius 3 is 2.11 bits per heavy atom. The van der Waals surface area contributed by atoms with Crippen LogP contribution in [0.4, 0.5) is 22.0 Å². The van der Waals surface area contributed by atoms with Gasteiger partial charge in [0.25, 0.3) is 0 Å². The van der Waals surface area contributed by atoms with Crippen LogP contribution in [0.5, 0.6) is 11.5 Å². The molecule has 4 nitrogen and oxygen atoms in total. The van der Waals surface area contributed by atoms with E-state index in [0.29, 0.717) is 6.07 Å². The highest BCUT2D eigenvalue weighted by atomic mass is 35.5. The molecule has 2 aromatic carbocycles. The number of halogens is 6. The van der Waals surface area contributed by atoms with E-state index < -0.39 is 59.7 Å². The van der Waals surface area contributed by atoms with Crippen molar-refractivity contribution in [1.82, 2.24) is 0 Å². The lowest BCUT2D eigenvalue weighted by atomic mass is 10.2. The largest absolute Gasteiger partial charge is 0.423 e. The number of hydrogen-bond acceptors (Lipinski definition) is 4. The number of alkyl halides is 3. The average molecular weight is 409 g/mol. The summed E-state index contributed by atoms with van der Waals surface area (Å²) in [5.74, 6) is -6.32. The maximum Gasteiger partial charge on any atom is 0.419 e. The molecule has 0 saturated heterocycles. The molecule has 0 spiro atoms. The van der Waals surface area contributed by atoms with Gasteiger partial charge < -0.3 is 9.47 Å². The second-order valence-electron chi connectivity index (χ2n) is 5.11. The van der Waals surface area contributed by atoms with E-state index in [0.717, 1.165) is 18.2 Å². The third kappa shape index (κ3) is 5.40. The maximum absolute atomic E-state index is 13.8. The zero-order valence-electron chi connectivity index (χ0n) is 13.3. The van der Waals surface area contributed by atoms with Crippen molar-refractivity contribution in [2.75, 3.05) is 0 Å². The number of carbonyl (C=O) groups is 2. The second-order valence-corrected chi connectivity index (χ2v) is 5.52. The molecule has 0 radical (unpaired) electrons. The van der Waals surface area contributed by atoms with Gasteiger partial charge in [-0.25, -0.2) is 8.78 Å². The zero-order chi connectivity index (χ0) is 20.2. The van der Waals surface area contributed by atoms with Crippen LogP contribution in [0.15, 0.2) is 36.4 Å². The van der Waals surface area contributed by atoms with Crippen LogP contribution >= 0.6 is 11.6 Å². The Bertz CT molecular complexity index is 847. The fraction of sp³-hybridized carbons (Fsp3) is 0.176. The number of esters is 2. The molecule has 27 heavy (non-hydrogen) atoms. The molecule has 0 bridgehead atoms. The van der Waals surface area contributed by atoms with Crippen molar-refractivity contribution >= 4 is 23.5 Å². The molecule has 10 heteroatoms. The lowest BCUT2D eigenvalue weighted by Crippen LogP contribution is -2.16. The highest BCUT2D eigenvalue weighted by Gasteiger charge is 2.35. The summed E-state index contributed by atoms with van der Waals surface area (Å²) >= 11 is 5.67. The van der Waals surface area contributed by atoms with Crippen molar-refractivity contribution in [2.45, 2.75) is 19.0 Å². The first kappa shape index (κ1) is 20.6. The topological polar surface area (TPSA) is 52.6 Å². The number of para-hydroxylation sites is 1. The van der Waals surface area contributed by atoms with E-state index in [1.165, 1.54) is 12.1 Å². The monoisotopic (exact) mass is 408 g/mol. The van der Waals surface area contributed by atoms with E-state index in [9.17, 15) is 31.5 Å². The lowest BCUT2D eigenvalue weighted by molar-refractivity contribution is -0.142. The van der Waals surface area contributed by atoms with Crippen LogP contribution in [-0.4, -0.2) is 11.9 Å². The Balaban J connectivity index is 1.96. The first-order valence-corrected chi connectivity index (χ1v) is 7.68. The molecule has 0 aliphatic heterocycles. The van der Waals surface area contributed by atoms with Crippen LogP contribution < -0.4 is 9.47 Å². The van der Waals surface area contributed by atoms with Gasteiger partial charge in [-0.3, -0.25) is 9.59 Å². The van der Waals surface area contributed by atoms with Gasteiger partial charge in [0.15, 0.2) is 23.1 Å². The standard InChI is InChI=1S/C17H10ClF5O4/c18-10-4-2-5-11(19)16(10)27-14(25)8-7-13(24)26-12-6-1-3-9(15(12)20)17(21,22)23/h1-6H,7-8H2. The minimum Gasteiger partial charge on any atom is -0.423 e. The molecule has 0 atom stereocenters. The average Bonchev–Trinajstić information content (AvgIpc) is 2.57. The van der Waals surface area contributed by atoms with E-state index in [4.69, 9.17) is 11.6 Å². The predicted octanol–water partition coefficient (Wildman–Crippen LogP) is 4.93. The summed E-state index contributed by atoms with van der Waals surface area (Å²) in [6, 6.07) is 5.75. The number of benzene rings is 2. The second kappa shape index (κ2) is 8.34. The normalized spacial score (nSPS) is 11.2. The Kier molecular flexibility index (Phi) is 6.37. The number of carbonyl (C=O) groups excluding carboxylic acids is 2. The van der Waals surface area contributed by atoms with Crippen molar-refractivity contribution in [3.05, 3.63) is 58.6 Å². The van der Waals surface area contributed by atoms with Crippen LogP contribution in [-0.2, 0) is 15.8 Å². The summed E-state index contributed by atoms with van der Waals surface area (Å²) in [5, 5.41) is -0.169. The summed E-state index contributed by atoms with van der Waals surface area (Å²) in [4.78, 5) is 23.3. The van der Waals surface area contributed by atoms with Crippen LogP contribution in [0.25, 0.3) is 0 Å². The fourth-order valence-electron chi connectivity index (χ4n) is 1.93. The summed E-state index contributed by atoms with van der Waals surface area (Å²) in [5.41, 5.74) is -1.60. The molecule has 2 aromatic rings. The smallest absolute Gasteiger partial charge is 0.419 e. The lowest BCUT2D eigenvalue weighted by Gasteiger charge is -2.11. The van der Waals surface area contributed by atoms with Gasteiger partial charge in [-0.1, -0.05) is 23.7 Å². The fourth-order valence-corrected chi connectivity index (χ4v) is 2.13. The molecule has 0 N–H and O–H groups in total. The molecule has 0 fully saturated rings. The Morgan fingerprint density at radius 1 is 0.926 bits per heavy atom. The predicted molar refractivity (Wildman–Crippen MR) is 83.3 cm³/mol. The molecule has 2 rings (SSSR count). The van der Waals surface area contributed by atoms with E-state index in [-0.39, 0.29) is 5.02 Å². The van der Waals surface area contributed by atoms with Crippen LogP contribution in [0.2, 0.25) is 5.02 Å². The van der Waals surface area contributed by atoms with Gasteiger partial charge in [-0.15, -0.1) is 0 Å². The van der Waals surface area contributed by atoms with Gasteiger partial charge in [0.05, 0.1) is 23.4 Å². The molecular formula is C17H10ClF5O4. The molecule has 0 unspecified atom stereocenters. The first-order valence-electron chi connectivity index (χ1n) is 7.30. The van der Waals surface area contributed by atoms with Crippen molar-refractivity contribution in [3.63, 3.8) is 0 Å². The summed E-state index contributed by atoms with van der Waals surface area (Å²) in [7, 11) is 0. The minimum atomic E-state index is -4.96. The number of rotatable bonds is 5. The zero-order valence-corrected chi connectivity index (χ0v) is 14.0. The third-order valence-electron chi connectivity index (χ3n) is 3.16. The van der Waals surface area contributed by atoms with Gasteiger partial charge in [0.1, 0.15) is 0 Å². The number of ether oxygens (including phenoxy) is 2. The highest BCUT2D eigenvalue weighted by molar-refractivity contribution is 6.32. The number of hydrogen-bond donors (Lipinski definition) is 0. The van der Waals surface area contributed by atoms with Crippen molar-refractivity contribution in [1.29, 1.82) is 0 Å². The molecule has 0 heterocycles. The van der Waals surface area contributed by atoms with Gasteiger partial charge in [-0.2, -0.15) is 13.2 Å². The molecule has 0 aliphatic carbocycles. The molecule has 0 saturated carbocycles. The van der Waals surface area contributed by atoms with Gasteiger partial charge in [0.2, 0.25) is 0 Å². The van der Waals surface area contributed by atoms with Crippen LogP contribution in [0.3, 0.4) is 0 Å². The highest BCUT2D eigenvalue weighted by Crippen LogP contribution is 2.34. The van der Waals surface area contributed by atoms with Gasteiger partial charge in [-0.05, 0) is 24.3 Å². The molecular weight excluding hydrogens is 399 g/mol. The van der Waals surface area contributed by atoms with Crippen LogP contribution in [0.1, 0.15) is 18.4 Å². The summed E-state index contributed by atoms with van der Waals surface area (Å²) in [6.45, 7) is 0. The van der Waals surface area contributed by atoms with Crippen LogP contribution in [0, 0.1) is 11.6 Å². The van der Waals surface area contributed by atoms with Crippen molar-refractivity contribution < 1.29 is 41.0 Å². The van der Waals surface area contributed by atoms with E-state index in [1.807, 2.05) is 0 Å². The maximum atomic E-state index is 13.8. The van der Waals surface area contributed by atoms with E-state index >= 15 is 0 Å². The Hall–Kier alpha value is -2.68. The van der Waals surface area contributed by atoms with E-state index in [1.54, 1.807) is 0 Å². The Morgan fingerprint density at radius 2 is 1.52 bits per heavy atom. The Labute approximate surface area is 154 Å². The molecule has 0 amide bonds. The first-order chi connectivity index (χ1) is 12.6. The molecule has 0 aliphatic rings.